The minimum atomic E-state index is -3.69. The van der Waals surface area contributed by atoms with E-state index in [1.54, 1.807) is 6.07 Å². The summed E-state index contributed by atoms with van der Waals surface area (Å²) in [6.07, 6.45) is 0. The molecule has 1 atom stereocenters. The van der Waals surface area contributed by atoms with Crippen LogP contribution in [0.5, 0.6) is 0 Å². The minimum absolute atomic E-state index is 0.0326. The lowest BCUT2D eigenvalue weighted by Crippen LogP contribution is -2.55. The highest BCUT2D eigenvalue weighted by Crippen LogP contribution is 2.17. The molecule has 0 aliphatic heterocycles. The highest BCUT2D eigenvalue weighted by molar-refractivity contribution is 7.89. The molecule has 1 aromatic carbocycles. The molecule has 4 N–H and O–H groups in total. The molecule has 1 rings (SSSR count). The van der Waals surface area contributed by atoms with Gasteiger partial charge in [0.05, 0.1) is 17.0 Å². The Morgan fingerprint density at radius 1 is 1.38 bits per heavy atom. The van der Waals surface area contributed by atoms with Crippen LogP contribution in [0.1, 0.15) is 31.1 Å². The molecule has 0 aromatic heterocycles. The highest BCUT2D eigenvalue weighted by atomic mass is 32.2. The quantitative estimate of drug-likeness (QED) is 0.564. The fourth-order valence-electron chi connectivity index (χ4n) is 1.93. The van der Waals surface area contributed by atoms with Gasteiger partial charge in [-0.2, -0.15) is 0 Å². The molecule has 0 saturated carbocycles. The van der Waals surface area contributed by atoms with Crippen molar-refractivity contribution in [3.05, 3.63) is 29.8 Å². The van der Waals surface area contributed by atoms with Crippen LogP contribution in [0.25, 0.3) is 0 Å². The molecule has 0 heterocycles. The van der Waals surface area contributed by atoms with Crippen molar-refractivity contribution in [2.24, 2.45) is 11.7 Å². The summed E-state index contributed by atoms with van der Waals surface area (Å²) in [4.78, 5) is 12.5. The van der Waals surface area contributed by atoms with Crippen molar-refractivity contribution < 1.29 is 17.9 Å². The highest BCUT2D eigenvalue weighted by Gasteiger charge is 2.29. The van der Waals surface area contributed by atoms with E-state index in [0.717, 1.165) is 0 Å². The van der Waals surface area contributed by atoms with Gasteiger partial charge in [0.25, 0.3) is 5.91 Å². The molecule has 0 aliphatic carbocycles. The van der Waals surface area contributed by atoms with E-state index in [-0.39, 0.29) is 42.0 Å². The van der Waals surface area contributed by atoms with Crippen molar-refractivity contribution in [3.8, 4) is 0 Å². The molecule has 0 bridgehead atoms. The van der Waals surface area contributed by atoms with Gasteiger partial charge in [-0.3, -0.25) is 4.79 Å². The van der Waals surface area contributed by atoms with Gasteiger partial charge in [0.15, 0.2) is 0 Å². The van der Waals surface area contributed by atoms with Crippen molar-refractivity contribution in [1.29, 1.82) is 0 Å². The summed E-state index contributed by atoms with van der Waals surface area (Å²) in [5, 5.41) is 2.89. The molecule has 1 unspecified atom stereocenters. The summed E-state index contributed by atoms with van der Waals surface area (Å²) in [5.41, 5.74) is 5.47. The minimum Gasteiger partial charge on any atom is -0.383 e. The number of carbonyl (C=O) groups is 1. The normalized spacial score (nSPS) is 14.4. The number of amides is 1. The van der Waals surface area contributed by atoms with Crippen molar-refractivity contribution in [1.82, 2.24) is 10.0 Å². The first-order valence-electron chi connectivity index (χ1n) is 7.77. The second-order valence-electron chi connectivity index (χ2n) is 6.15. The standard InChI is InChI=1S/C16H27N3O4S/c1-12(2)16(3,11-17)19-15(20)13-6-5-7-14(10-13)24(21,22)18-8-9-23-4/h5-7,10,12,18H,8-9,11,17H2,1-4H3,(H,19,20). The zero-order valence-corrected chi connectivity index (χ0v) is 15.4. The number of ether oxygens (including phenoxy) is 1. The third kappa shape index (κ3) is 5.27. The molecule has 1 aromatic rings. The molecule has 1 amide bonds. The van der Waals surface area contributed by atoms with Crippen molar-refractivity contribution in [3.63, 3.8) is 0 Å². The predicted octanol–water partition coefficient (Wildman–Crippen LogP) is 0.715. The van der Waals surface area contributed by atoms with Gasteiger partial charge in [0, 0.05) is 25.8 Å². The van der Waals surface area contributed by atoms with Crippen LogP contribution in [0.15, 0.2) is 29.2 Å². The van der Waals surface area contributed by atoms with E-state index < -0.39 is 15.6 Å². The summed E-state index contributed by atoms with van der Waals surface area (Å²) < 4.78 is 31.7. The van der Waals surface area contributed by atoms with E-state index in [2.05, 4.69) is 10.0 Å². The maximum atomic E-state index is 12.5. The monoisotopic (exact) mass is 357 g/mol. The van der Waals surface area contributed by atoms with E-state index >= 15 is 0 Å². The van der Waals surface area contributed by atoms with Crippen LogP contribution in [0, 0.1) is 5.92 Å². The van der Waals surface area contributed by atoms with Crippen molar-refractivity contribution in [2.75, 3.05) is 26.8 Å². The third-order valence-electron chi connectivity index (χ3n) is 4.10. The number of hydrogen-bond donors (Lipinski definition) is 3. The van der Waals surface area contributed by atoms with Crippen molar-refractivity contribution >= 4 is 15.9 Å². The number of rotatable bonds is 9. The van der Waals surface area contributed by atoms with E-state index in [9.17, 15) is 13.2 Å². The summed E-state index contributed by atoms with van der Waals surface area (Å²) in [5.74, 6) is -0.223. The molecule has 7 nitrogen and oxygen atoms in total. The van der Waals surface area contributed by atoms with Gasteiger partial charge in [0.1, 0.15) is 0 Å². The van der Waals surface area contributed by atoms with E-state index in [1.165, 1.54) is 25.3 Å². The van der Waals surface area contributed by atoms with Gasteiger partial charge in [0.2, 0.25) is 10.0 Å². The number of hydrogen-bond acceptors (Lipinski definition) is 5. The number of methoxy groups -OCH3 is 1. The lowest BCUT2D eigenvalue weighted by molar-refractivity contribution is 0.0883. The Kier molecular flexibility index (Phi) is 7.34. The van der Waals surface area contributed by atoms with Crippen LogP contribution in [0.2, 0.25) is 0 Å². The van der Waals surface area contributed by atoms with Crippen LogP contribution in [-0.2, 0) is 14.8 Å². The molecule has 136 valence electrons. The smallest absolute Gasteiger partial charge is 0.251 e. The number of nitrogens with one attached hydrogen (secondary N) is 2. The average Bonchev–Trinajstić information content (AvgIpc) is 2.54. The van der Waals surface area contributed by atoms with Crippen LogP contribution < -0.4 is 15.8 Å². The second kappa shape index (κ2) is 8.57. The van der Waals surface area contributed by atoms with Crippen LogP contribution >= 0.6 is 0 Å². The SMILES string of the molecule is COCCNS(=O)(=O)c1cccc(C(=O)NC(C)(CN)C(C)C)c1. The molecule has 24 heavy (non-hydrogen) atoms. The van der Waals surface area contributed by atoms with Gasteiger partial charge in [-0.25, -0.2) is 13.1 Å². The molecule has 0 fully saturated rings. The number of carbonyl (C=O) groups excluding carboxylic acids is 1. The third-order valence-corrected chi connectivity index (χ3v) is 5.56. The van der Waals surface area contributed by atoms with Crippen molar-refractivity contribution in [2.45, 2.75) is 31.2 Å². The summed E-state index contributed by atoms with van der Waals surface area (Å²) >= 11 is 0. The number of nitrogens with two attached hydrogens (primary N) is 1. The van der Waals surface area contributed by atoms with Gasteiger partial charge in [-0.15, -0.1) is 0 Å². The number of sulfonamides is 1. The van der Waals surface area contributed by atoms with Gasteiger partial charge in [-0.05, 0) is 31.0 Å². The lowest BCUT2D eigenvalue weighted by Gasteiger charge is -2.33. The lowest BCUT2D eigenvalue weighted by atomic mass is 9.88. The topological polar surface area (TPSA) is 111 Å². The summed E-state index contributed by atoms with van der Waals surface area (Å²) in [6, 6.07) is 5.90. The second-order valence-corrected chi connectivity index (χ2v) is 7.92. The Hall–Kier alpha value is -1.48. The van der Waals surface area contributed by atoms with Crippen LogP contribution in [-0.4, -0.2) is 46.7 Å². The van der Waals surface area contributed by atoms with Gasteiger partial charge < -0.3 is 15.8 Å². The first-order valence-corrected chi connectivity index (χ1v) is 9.26. The largest absolute Gasteiger partial charge is 0.383 e. The molecule has 0 spiro atoms. The first-order chi connectivity index (χ1) is 11.2. The van der Waals surface area contributed by atoms with Crippen LogP contribution in [0.3, 0.4) is 0 Å². The molecule has 0 radical (unpaired) electrons. The fourth-order valence-corrected chi connectivity index (χ4v) is 2.99. The van der Waals surface area contributed by atoms with Crippen LogP contribution in [0.4, 0.5) is 0 Å². The Morgan fingerprint density at radius 3 is 2.58 bits per heavy atom. The van der Waals surface area contributed by atoms with Gasteiger partial charge in [-0.1, -0.05) is 19.9 Å². The Morgan fingerprint density at radius 2 is 2.04 bits per heavy atom. The molecular weight excluding hydrogens is 330 g/mol. The Balaban J connectivity index is 2.98. The zero-order chi connectivity index (χ0) is 18.4. The Bertz CT molecular complexity index is 661. The Labute approximate surface area is 144 Å². The fraction of sp³-hybridized carbons (Fsp3) is 0.562. The van der Waals surface area contributed by atoms with E-state index in [0.29, 0.717) is 0 Å². The van der Waals surface area contributed by atoms with E-state index in [1.807, 2.05) is 20.8 Å². The van der Waals surface area contributed by atoms with E-state index in [4.69, 9.17) is 10.5 Å². The molecular formula is C16H27N3O4S. The molecule has 8 heteroatoms. The summed E-state index contributed by atoms with van der Waals surface area (Å²) in [6.45, 7) is 6.51. The first kappa shape index (κ1) is 20.6. The van der Waals surface area contributed by atoms with Gasteiger partial charge >= 0.3 is 0 Å². The maximum Gasteiger partial charge on any atom is 0.251 e. The predicted molar refractivity (Wildman–Crippen MR) is 93.3 cm³/mol. The maximum absolute atomic E-state index is 12.5. The average molecular weight is 357 g/mol. The summed E-state index contributed by atoms with van der Waals surface area (Å²) in [7, 11) is -2.20. The zero-order valence-electron chi connectivity index (χ0n) is 14.6. The number of benzene rings is 1. The molecule has 0 aliphatic rings. The molecule has 0 saturated heterocycles.